The van der Waals surface area contributed by atoms with Crippen molar-refractivity contribution in [1.29, 1.82) is 0 Å². The molecule has 1 rings (SSSR count). The number of benzene rings is 1. The normalized spacial score (nSPS) is 11.4. The van der Waals surface area contributed by atoms with Crippen LogP contribution in [0.3, 0.4) is 0 Å². The summed E-state index contributed by atoms with van der Waals surface area (Å²) in [6.07, 6.45) is 1.05. The van der Waals surface area contributed by atoms with Gasteiger partial charge in [-0.1, -0.05) is 6.92 Å². The number of sulfonamides is 1. The van der Waals surface area contributed by atoms with E-state index in [9.17, 15) is 8.42 Å². The summed E-state index contributed by atoms with van der Waals surface area (Å²) in [5.74, 6) is 2.23. The molecule has 0 radical (unpaired) electrons. The van der Waals surface area contributed by atoms with Gasteiger partial charge in [-0.05, 0) is 36.1 Å². The lowest BCUT2D eigenvalue weighted by Gasteiger charge is -2.09. The third kappa shape index (κ3) is 4.75. The number of rotatable bonds is 7. The molecule has 0 atom stereocenters. The highest BCUT2D eigenvalue weighted by Crippen LogP contribution is 2.21. The van der Waals surface area contributed by atoms with Crippen LogP contribution >= 0.6 is 11.8 Å². The second-order valence-corrected chi connectivity index (χ2v) is 6.70. The maximum atomic E-state index is 11.2. The summed E-state index contributed by atoms with van der Waals surface area (Å²) in [6, 6.07) is 4.68. The SMILES string of the molecule is CCSCCCNc1ccc(S(N)(=O)=O)c(N)c1. The Morgan fingerprint density at radius 3 is 2.67 bits per heavy atom. The third-order valence-corrected chi connectivity index (χ3v) is 4.29. The summed E-state index contributed by atoms with van der Waals surface area (Å²) >= 11 is 1.89. The van der Waals surface area contributed by atoms with E-state index >= 15 is 0 Å². The average Bonchev–Trinajstić information content (AvgIpc) is 2.27. The largest absolute Gasteiger partial charge is 0.398 e. The Morgan fingerprint density at radius 1 is 1.39 bits per heavy atom. The number of anilines is 2. The molecular weight excluding hydrogens is 270 g/mol. The van der Waals surface area contributed by atoms with Gasteiger partial charge in [-0.2, -0.15) is 11.8 Å². The first kappa shape index (κ1) is 15.1. The highest BCUT2D eigenvalue weighted by Gasteiger charge is 2.11. The predicted octanol–water partition coefficient (Wildman–Crippen LogP) is 1.47. The van der Waals surface area contributed by atoms with Crippen molar-refractivity contribution in [3.63, 3.8) is 0 Å². The molecule has 0 aromatic heterocycles. The van der Waals surface area contributed by atoms with Gasteiger partial charge in [-0.25, -0.2) is 13.6 Å². The minimum Gasteiger partial charge on any atom is -0.398 e. The fourth-order valence-corrected chi connectivity index (χ4v) is 2.75. The quantitative estimate of drug-likeness (QED) is 0.521. The van der Waals surface area contributed by atoms with Crippen LogP contribution in [0.1, 0.15) is 13.3 Å². The van der Waals surface area contributed by atoms with Gasteiger partial charge in [0, 0.05) is 12.2 Å². The molecule has 18 heavy (non-hydrogen) atoms. The van der Waals surface area contributed by atoms with Crippen molar-refractivity contribution in [2.45, 2.75) is 18.2 Å². The molecule has 0 fully saturated rings. The molecule has 0 heterocycles. The van der Waals surface area contributed by atoms with Crippen LogP contribution in [0.2, 0.25) is 0 Å². The lowest BCUT2D eigenvalue weighted by Crippen LogP contribution is -2.14. The number of primary sulfonamides is 1. The molecule has 0 aliphatic rings. The van der Waals surface area contributed by atoms with Gasteiger partial charge in [0.15, 0.2) is 0 Å². The second-order valence-electron chi connectivity index (χ2n) is 3.77. The zero-order valence-corrected chi connectivity index (χ0v) is 12.0. The third-order valence-electron chi connectivity index (χ3n) is 2.32. The Balaban J connectivity index is 2.57. The lowest BCUT2D eigenvalue weighted by atomic mass is 10.3. The lowest BCUT2D eigenvalue weighted by molar-refractivity contribution is 0.598. The zero-order chi connectivity index (χ0) is 13.6. The van der Waals surface area contributed by atoms with E-state index < -0.39 is 10.0 Å². The van der Waals surface area contributed by atoms with Gasteiger partial charge in [0.05, 0.1) is 5.69 Å². The van der Waals surface area contributed by atoms with Crippen molar-refractivity contribution in [2.75, 3.05) is 29.1 Å². The van der Waals surface area contributed by atoms with Crippen LogP contribution in [0.4, 0.5) is 11.4 Å². The maximum absolute atomic E-state index is 11.2. The zero-order valence-electron chi connectivity index (χ0n) is 10.3. The molecule has 0 aliphatic heterocycles. The van der Waals surface area contributed by atoms with Crippen molar-refractivity contribution in [3.8, 4) is 0 Å². The van der Waals surface area contributed by atoms with E-state index in [-0.39, 0.29) is 10.6 Å². The fraction of sp³-hybridized carbons (Fsp3) is 0.455. The highest BCUT2D eigenvalue weighted by atomic mass is 32.2. The number of hydrogen-bond donors (Lipinski definition) is 3. The number of nitrogen functional groups attached to an aromatic ring is 1. The van der Waals surface area contributed by atoms with E-state index in [0.717, 1.165) is 30.2 Å². The van der Waals surface area contributed by atoms with Crippen LogP contribution < -0.4 is 16.2 Å². The minimum atomic E-state index is -3.74. The number of nitrogens with one attached hydrogen (secondary N) is 1. The summed E-state index contributed by atoms with van der Waals surface area (Å²) in [7, 11) is -3.74. The number of thioether (sulfide) groups is 1. The molecule has 5 nitrogen and oxygen atoms in total. The van der Waals surface area contributed by atoms with E-state index in [1.54, 1.807) is 12.1 Å². The van der Waals surface area contributed by atoms with Crippen LogP contribution in [0.25, 0.3) is 0 Å². The van der Waals surface area contributed by atoms with Crippen molar-refractivity contribution < 1.29 is 8.42 Å². The molecule has 0 aliphatic carbocycles. The van der Waals surface area contributed by atoms with Crippen LogP contribution in [-0.2, 0) is 10.0 Å². The van der Waals surface area contributed by atoms with Crippen molar-refractivity contribution >= 4 is 33.2 Å². The Labute approximate surface area is 112 Å². The first-order valence-electron chi connectivity index (χ1n) is 5.69. The number of nitrogens with two attached hydrogens (primary N) is 2. The standard InChI is InChI=1S/C11H19N3O2S2/c1-2-17-7-3-6-14-9-4-5-11(10(12)8-9)18(13,15)16/h4-5,8,14H,2-3,6-7,12H2,1H3,(H2,13,15,16). The van der Waals surface area contributed by atoms with Gasteiger partial charge < -0.3 is 11.1 Å². The van der Waals surface area contributed by atoms with Gasteiger partial charge in [0.1, 0.15) is 4.90 Å². The molecule has 0 amide bonds. The van der Waals surface area contributed by atoms with Crippen LogP contribution in [0.15, 0.2) is 23.1 Å². The smallest absolute Gasteiger partial charge is 0.240 e. The Morgan fingerprint density at radius 2 is 2.11 bits per heavy atom. The minimum absolute atomic E-state index is 0.0328. The van der Waals surface area contributed by atoms with E-state index in [0.29, 0.717) is 0 Å². The highest BCUT2D eigenvalue weighted by molar-refractivity contribution is 7.99. The van der Waals surface area contributed by atoms with Gasteiger partial charge in [0.25, 0.3) is 0 Å². The summed E-state index contributed by atoms with van der Waals surface area (Å²) in [6.45, 7) is 2.96. The summed E-state index contributed by atoms with van der Waals surface area (Å²) < 4.78 is 22.3. The van der Waals surface area contributed by atoms with Crippen LogP contribution in [0.5, 0.6) is 0 Å². The first-order valence-corrected chi connectivity index (χ1v) is 8.39. The van der Waals surface area contributed by atoms with Crippen LogP contribution in [0, 0.1) is 0 Å². The molecule has 7 heteroatoms. The van der Waals surface area contributed by atoms with E-state index in [1.807, 2.05) is 11.8 Å². The molecule has 1 aromatic carbocycles. The van der Waals surface area contributed by atoms with Gasteiger partial charge in [-0.15, -0.1) is 0 Å². The van der Waals surface area contributed by atoms with Crippen molar-refractivity contribution in [3.05, 3.63) is 18.2 Å². The summed E-state index contributed by atoms with van der Waals surface area (Å²) in [5.41, 5.74) is 6.63. The van der Waals surface area contributed by atoms with E-state index in [2.05, 4.69) is 12.2 Å². The van der Waals surface area contributed by atoms with Gasteiger partial charge in [0.2, 0.25) is 10.0 Å². The van der Waals surface area contributed by atoms with E-state index in [1.165, 1.54) is 6.07 Å². The van der Waals surface area contributed by atoms with Gasteiger partial charge in [-0.3, -0.25) is 0 Å². The second kappa shape index (κ2) is 6.86. The van der Waals surface area contributed by atoms with Crippen molar-refractivity contribution in [2.24, 2.45) is 5.14 Å². The fourth-order valence-electron chi connectivity index (χ4n) is 1.47. The van der Waals surface area contributed by atoms with Crippen LogP contribution in [-0.4, -0.2) is 26.5 Å². The molecule has 0 unspecified atom stereocenters. The molecule has 102 valence electrons. The maximum Gasteiger partial charge on any atom is 0.240 e. The van der Waals surface area contributed by atoms with E-state index in [4.69, 9.17) is 10.9 Å². The van der Waals surface area contributed by atoms with Gasteiger partial charge >= 0.3 is 0 Å². The summed E-state index contributed by atoms with van der Waals surface area (Å²) in [4.78, 5) is -0.0328. The topological polar surface area (TPSA) is 98.2 Å². The average molecular weight is 289 g/mol. The molecule has 0 saturated carbocycles. The number of hydrogen-bond acceptors (Lipinski definition) is 5. The Bertz CT molecular complexity index is 489. The first-order chi connectivity index (χ1) is 8.45. The Kier molecular flexibility index (Phi) is 5.77. The molecule has 5 N–H and O–H groups in total. The van der Waals surface area contributed by atoms with Crippen molar-refractivity contribution in [1.82, 2.24) is 0 Å². The molecule has 0 bridgehead atoms. The molecular formula is C11H19N3O2S2. The Hall–Kier alpha value is -0.920. The molecule has 0 spiro atoms. The monoisotopic (exact) mass is 289 g/mol. The molecule has 1 aromatic rings. The summed E-state index contributed by atoms with van der Waals surface area (Å²) in [5, 5.41) is 8.23. The predicted molar refractivity (Wildman–Crippen MR) is 78.3 cm³/mol. The molecule has 0 saturated heterocycles.